The van der Waals surface area contributed by atoms with Crippen molar-refractivity contribution in [1.82, 2.24) is 20.2 Å². The Morgan fingerprint density at radius 3 is 3.16 bits per heavy atom. The second-order valence-corrected chi connectivity index (χ2v) is 4.58. The van der Waals surface area contributed by atoms with Gasteiger partial charge in [-0.15, -0.1) is 0 Å². The summed E-state index contributed by atoms with van der Waals surface area (Å²) < 4.78 is 1.79. The average Bonchev–Trinajstić information content (AvgIpc) is 2.81. The van der Waals surface area contributed by atoms with Gasteiger partial charge in [-0.2, -0.15) is 5.10 Å². The highest BCUT2D eigenvalue weighted by Gasteiger charge is 2.25. The van der Waals surface area contributed by atoms with E-state index in [2.05, 4.69) is 15.7 Å². The van der Waals surface area contributed by atoms with Crippen molar-refractivity contribution < 1.29 is 9.59 Å². The van der Waals surface area contributed by atoms with Crippen LogP contribution in [0, 0.1) is 0 Å². The van der Waals surface area contributed by atoms with E-state index >= 15 is 0 Å². The third-order valence-corrected chi connectivity index (χ3v) is 3.28. The number of nitrogens with one attached hydrogen (secondary N) is 2. The van der Waals surface area contributed by atoms with Crippen LogP contribution in [0.1, 0.15) is 18.4 Å². The molecule has 0 aliphatic carbocycles. The van der Waals surface area contributed by atoms with Gasteiger partial charge in [0.15, 0.2) is 0 Å². The molecule has 6 nitrogen and oxygen atoms in total. The first-order valence-electron chi connectivity index (χ1n) is 6.22. The Bertz CT molecular complexity index is 634. The topological polar surface area (TPSA) is 75.5 Å². The first-order chi connectivity index (χ1) is 9.24. The highest BCUT2D eigenvalue weighted by Crippen LogP contribution is 2.11. The van der Waals surface area contributed by atoms with Crippen molar-refractivity contribution in [1.29, 1.82) is 0 Å². The number of carbonyl (C=O) groups is 2. The third kappa shape index (κ3) is 2.34. The number of aromatic nitrogens is 2. The maximum absolute atomic E-state index is 11.6. The molecule has 2 amide bonds. The monoisotopic (exact) mass is 258 g/mol. The molecule has 2 aromatic rings. The molecule has 1 saturated heterocycles. The minimum atomic E-state index is -0.309. The fourth-order valence-electron chi connectivity index (χ4n) is 2.25. The number of hydrogen-bond acceptors (Lipinski definition) is 4. The molecule has 0 bridgehead atoms. The van der Waals surface area contributed by atoms with Crippen molar-refractivity contribution in [2.45, 2.75) is 25.4 Å². The SMILES string of the molecule is O=C1CCC(NCc2cnn3ccccc23)C(=O)N1. The minimum absolute atomic E-state index is 0.195. The molecule has 1 aliphatic rings. The van der Waals surface area contributed by atoms with E-state index in [9.17, 15) is 9.59 Å². The lowest BCUT2D eigenvalue weighted by atomic mass is 10.1. The Labute approximate surface area is 109 Å². The van der Waals surface area contributed by atoms with Gasteiger partial charge < -0.3 is 5.32 Å². The predicted octanol–water partition coefficient (Wildman–Crippen LogP) is 0.229. The molecule has 0 aromatic carbocycles. The first-order valence-corrected chi connectivity index (χ1v) is 6.22. The zero-order valence-corrected chi connectivity index (χ0v) is 10.3. The van der Waals surface area contributed by atoms with Gasteiger partial charge >= 0.3 is 0 Å². The number of amides is 2. The molecule has 3 rings (SSSR count). The highest BCUT2D eigenvalue weighted by molar-refractivity contribution is 6.00. The quantitative estimate of drug-likeness (QED) is 0.773. The second kappa shape index (κ2) is 4.81. The summed E-state index contributed by atoms with van der Waals surface area (Å²) in [7, 11) is 0. The smallest absolute Gasteiger partial charge is 0.243 e. The Morgan fingerprint density at radius 1 is 1.42 bits per heavy atom. The molecule has 0 radical (unpaired) electrons. The minimum Gasteiger partial charge on any atom is -0.302 e. The van der Waals surface area contributed by atoms with E-state index in [1.165, 1.54) is 0 Å². The number of rotatable bonds is 3. The molecular weight excluding hydrogens is 244 g/mol. The number of fused-ring (bicyclic) bond motifs is 1. The molecule has 1 atom stereocenters. The van der Waals surface area contributed by atoms with Crippen LogP contribution in [-0.2, 0) is 16.1 Å². The number of nitrogens with zero attached hydrogens (tertiary/aromatic N) is 2. The van der Waals surface area contributed by atoms with Crippen LogP contribution in [0.4, 0.5) is 0 Å². The van der Waals surface area contributed by atoms with E-state index in [1.807, 2.05) is 24.4 Å². The summed E-state index contributed by atoms with van der Waals surface area (Å²) in [6.45, 7) is 0.555. The summed E-state index contributed by atoms with van der Waals surface area (Å²) in [4.78, 5) is 22.7. The van der Waals surface area contributed by atoms with E-state index in [1.54, 1.807) is 10.7 Å². The van der Waals surface area contributed by atoms with Crippen molar-refractivity contribution >= 4 is 17.3 Å². The number of pyridine rings is 1. The summed E-state index contributed by atoms with van der Waals surface area (Å²) in [5, 5.41) is 9.74. The molecule has 1 aliphatic heterocycles. The molecule has 6 heteroatoms. The van der Waals surface area contributed by atoms with Gasteiger partial charge in [0, 0.05) is 24.7 Å². The maximum Gasteiger partial charge on any atom is 0.243 e. The summed E-state index contributed by atoms with van der Waals surface area (Å²) in [5.74, 6) is -0.438. The van der Waals surface area contributed by atoms with Crippen LogP contribution >= 0.6 is 0 Å². The number of carbonyl (C=O) groups excluding carboxylic acids is 2. The van der Waals surface area contributed by atoms with Crippen LogP contribution in [0.2, 0.25) is 0 Å². The molecule has 2 aromatic heterocycles. The van der Waals surface area contributed by atoms with Crippen LogP contribution in [0.5, 0.6) is 0 Å². The summed E-state index contributed by atoms with van der Waals surface area (Å²) >= 11 is 0. The zero-order valence-electron chi connectivity index (χ0n) is 10.3. The first kappa shape index (κ1) is 11.9. The standard InChI is InChI=1S/C13H14N4O2/c18-12-5-4-10(13(19)16-12)14-7-9-8-15-17-6-2-1-3-11(9)17/h1-3,6,8,10,14H,4-5,7H2,(H,16,18,19). The van der Waals surface area contributed by atoms with Gasteiger partial charge in [-0.3, -0.25) is 14.9 Å². The van der Waals surface area contributed by atoms with Crippen molar-refractivity contribution in [2.24, 2.45) is 0 Å². The normalized spacial score (nSPS) is 19.7. The van der Waals surface area contributed by atoms with Gasteiger partial charge in [0.1, 0.15) is 0 Å². The lowest BCUT2D eigenvalue weighted by Gasteiger charge is -2.21. The molecule has 98 valence electrons. The largest absolute Gasteiger partial charge is 0.302 e. The fraction of sp³-hybridized carbons (Fsp3) is 0.308. The summed E-state index contributed by atoms with van der Waals surface area (Å²) in [6, 6.07) is 5.54. The van der Waals surface area contributed by atoms with E-state index < -0.39 is 0 Å². The van der Waals surface area contributed by atoms with E-state index in [0.717, 1.165) is 11.1 Å². The lowest BCUT2D eigenvalue weighted by molar-refractivity contribution is -0.134. The number of imide groups is 1. The molecular formula is C13H14N4O2. The van der Waals surface area contributed by atoms with E-state index in [-0.39, 0.29) is 17.9 Å². The van der Waals surface area contributed by atoms with Crippen LogP contribution in [0.25, 0.3) is 5.52 Å². The zero-order chi connectivity index (χ0) is 13.2. The van der Waals surface area contributed by atoms with Crippen LogP contribution in [0.3, 0.4) is 0 Å². The van der Waals surface area contributed by atoms with Gasteiger partial charge in [-0.25, -0.2) is 4.52 Å². The third-order valence-electron chi connectivity index (χ3n) is 3.28. The van der Waals surface area contributed by atoms with Crippen molar-refractivity contribution in [3.8, 4) is 0 Å². The Hall–Kier alpha value is -2.21. The Morgan fingerprint density at radius 2 is 2.32 bits per heavy atom. The average molecular weight is 258 g/mol. The second-order valence-electron chi connectivity index (χ2n) is 4.58. The number of hydrogen-bond donors (Lipinski definition) is 2. The lowest BCUT2D eigenvalue weighted by Crippen LogP contribution is -2.50. The van der Waals surface area contributed by atoms with E-state index in [0.29, 0.717) is 19.4 Å². The number of piperidine rings is 1. The molecule has 2 N–H and O–H groups in total. The Balaban J connectivity index is 1.69. The van der Waals surface area contributed by atoms with Crippen LogP contribution < -0.4 is 10.6 Å². The van der Waals surface area contributed by atoms with Gasteiger partial charge in [-0.1, -0.05) is 6.07 Å². The van der Waals surface area contributed by atoms with Crippen molar-refractivity contribution in [3.63, 3.8) is 0 Å². The van der Waals surface area contributed by atoms with Gasteiger partial charge in [0.05, 0.1) is 17.8 Å². The predicted molar refractivity (Wildman–Crippen MR) is 68.2 cm³/mol. The van der Waals surface area contributed by atoms with Crippen LogP contribution in [-0.4, -0.2) is 27.5 Å². The van der Waals surface area contributed by atoms with Crippen molar-refractivity contribution in [3.05, 3.63) is 36.2 Å². The fourth-order valence-corrected chi connectivity index (χ4v) is 2.25. The van der Waals surface area contributed by atoms with Gasteiger partial charge in [0.2, 0.25) is 11.8 Å². The van der Waals surface area contributed by atoms with Crippen LogP contribution in [0.15, 0.2) is 30.6 Å². The van der Waals surface area contributed by atoms with Gasteiger partial charge in [0.25, 0.3) is 0 Å². The maximum atomic E-state index is 11.6. The van der Waals surface area contributed by atoms with E-state index in [4.69, 9.17) is 0 Å². The summed E-state index contributed by atoms with van der Waals surface area (Å²) in [6.07, 6.45) is 4.60. The summed E-state index contributed by atoms with van der Waals surface area (Å²) in [5.41, 5.74) is 2.05. The molecule has 0 saturated carbocycles. The van der Waals surface area contributed by atoms with Crippen molar-refractivity contribution in [2.75, 3.05) is 0 Å². The highest BCUT2D eigenvalue weighted by atomic mass is 16.2. The molecule has 19 heavy (non-hydrogen) atoms. The molecule has 3 heterocycles. The molecule has 1 fully saturated rings. The molecule has 1 unspecified atom stereocenters. The van der Waals surface area contributed by atoms with Gasteiger partial charge in [-0.05, 0) is 18.6 Å². The molecule has 0 spiro atoms. The Kier molecular flexibility index (Phi) is 3.00.